The van der Waals surface area contributed by atoms with Crippen LogP contribution in [0.4, 0.5) is 26.3 Å². The predicted octanol–water partition coefficient (Wildman–Crippen LogP) is 4.85. The van der Waals surface area contributed by atoms with Gasteiger partial charge in [-0.3, -0.25) is 0 Å². The third kappa shape index (κ3) is 2.92. The van der Waals surface area contributed by atoms with E-state index in [9.17, 15) is 26.3 Å². The fourth-order valence-electron chi connectivity index (χ4n) is 1.60. The lowest BCUT2D eigenvalue weighted by Gasteiger charge is -2.20. The number of benzene rings is 1. The molecule has 0 aliphatic heterocycles. The second-order valence-corrected chi connectivity index (χ2v) is 3.92. The minimum atomic E-state index is -5.01. The molecule has 0 aliphatic rings. The number of halogens is 6. The molecule has 96 valence electrons. The van der Waals surface area contributed by atoms with Crippen molar-refractivity contribution in [1.29, 1.82) is 0 Å². The molecule has 1 aromatic carbocycles. The van der Waals surface area contributed by atoms with Crippen molar-refractivity contribution in [2.75, 3.05) is 0 Å². The second-order valence-electron chi connectivity index (χ2n) is 3.92. The van der Waals surface area contributed by atoms with Crippen LogP contribution in [0, 0.1) is 0 Å². The first kappa shape index (κ1) is 13.9. The van der Waals surface area contributed by atoms with Crippen molar-refractivity contribution in [3.05, 3.63) is 34.9 Å². The maximum atomic E-state index is 12.7. The zero-order valence-corrected chi connectivity index (χ0v) is 9.08. The average molecular weight is 256 g/mol. The molecule has 0 heterocycles. The van der Waals surface area contributed by atoms with Crippen molar-refractivity contribution in [2.24, 2.45) is 0 Å². The summed E-state index contributed by atoms with van der Waals surface area (Å²) in [6, 6.07) is 2.52. The number of hydrogen-bond donors (Lipinski definition) is 0. The van der Waals surface area contributed by atoms with E-state index in [-0.39, 0.29) is 5.56 Å². The molecule has 0 fully saturated rings. The minimum Gasteiger partial charge on any atom is -0.166 e. The Balaban J connectivity index is 3.58. The molecule has 0 saturated heterocycles. The lowest BCUT2D eigenvalue weighted by molar-refractivity contribution is -0.162. The van der Waals surface area contributed by atoms with Crippen molar-refractivity contribution in [3.8, 4) is 0 Å². The largest absolute Gasteiger partial charge is 0.417 e. The Morgan fingerprint density at radius 3 is 1.76 bits per heavy atom. The van der Waals surface area contributed by atoms with Gasteiger partial charge < -0.3 is 0 Å². The normalized spacial score (nSPS) is 13.2. The highest BCUT2D eigenvalue weighted by molar-refractivity contribution is 5.40. The van der Waals surface area contributed by atoms with Gasteiger partial charge in [0.15, 0.2) is 0 Å². The van der Waals surface area contributed by atoms with E-state index in [2.05, 4.69) is 0 Å². The molecule has 0 nitrogen and oxygen atoms in total. The zero-order valence-electron chi connectivity index (χ0n) is 9.08. The minimum absolute atomic E-state index is 0.340. The Bertz CT molecular complexity index is 399. The molecule has 0 unspecified atom stereocenters. The van der Waals surface area contributed by atoms with Crippen LogP contribution in [0.25, 0.3) is 0 Å². The maximum Gasteiger partial charge on any atom is 0.417 e. The third-order valence-corrected chi connectivity index (χ3v) is 2.31. The van der Waals surface area contributed by atoms with Crippen molar-refractivity contribution >= 4 is 0 Å². The summed E-state index contributed by atoms with van der Waals surface area (Å²) < 4.78 is 75.7. The summed E-state index contributed by atoms with van der Waals surface area (Å²) >= 11 is 0. The van der Waals surface area contributed by atoms with Gasteiger partial charge >= 0.3 is 12.4 Å². The van der Waals surface area contributed by atoms with E-state index < -0.39 is 29.4 Å². The van der Waals surface area contributed by atoms with Crippen molar-refractivity contribution < 1.29 is 26.3 Å². The van der Waals surface area contributed by atoms with Gasteiger partial charge in [-0.2, -0.15) is 26.3 Å². The summed E-state index contributed by atoms with van der Waals surface area (Å²) in [4.78, 5) is 0. The second kappa shape index (κ2) is 4.23. The monoisotopic (exact) mass is 256 g/mol. The Morgan fingerprint density at radius 2 is 1.41 bits per heavy atom. The lowest BCUT2D eigenvalue weighted by atomic mass is 9.92. The molecular weight excluding hydrogens is 246 g/mol. The van der Waals surface area contributed by atoms with Gasteiger partial charge in [0.25, 0.3) is 0 Å². The van der Waals surface area contributed by atoms with E-state index in [1.54, 1.807) is 0 Å². The average Bonchev–Trinajstić information content (AvgIpc) is 2.13. The highest BCUT2D eigenvalue weighted by Gasteiger charge is 2.44. The number of hydrogen-bond acceptors (Lipinski definition) is 0. The predicted molar refractivity (Wildman–Crippen MR) is 50.5 cm³/mol. The number of alkyl halides is 6. The summed E-state index contributed by atoms with van der Waals surface area (Å²) in [5.74, 6) is -0.631. The van der Waals surface area contributed by atoms with E-state index in [1.807, 2.05) is 0 Å². The quantitative estimate of drug-likeness (QED) is 0.630. The summed E-state index contributed by atoms with van der Waals surface area (Å²) in [6.07, 6.45) is -10.0. The van der Waals surface area contributed by atoms with E-state index in [1.165, 1.54) is 13.8 Å². The van der Waals surface area contributed by atoms with Gasteiger partial charge in [0.2, 0.25) is 0 Å². The topological polar surface area (TPSA) is 0 Å². The van der Waals surface area contributed by atoms with Crippen LogP contribution in [0.15, 0.2) is 18.2 Å². The standard InChI is InChI=1S/C11H10F6/c1-6(2)7-4-3-5-8(10(12,13)14)9(7)11(15,16)17/h3-6H,1-2H3. The SMILES string of the molecule is CC(C)c1cccc(C(F)(F)F)c1C(F)(F)F. The van der Waals surface area contributed by atoms with Gasteiger partial charge in [-0.25, -0.2) is 0 Å². The van der Waals surface area contributed by atoms with E-state index in [4.69, 9.17) is 0 Å². The van der Waals surface area contributed by atoms with Crippen LogP contribution >= 0.6 is 0 Å². The molecule has 0 spiro atoms. The molecule has 0 atom stereocenters. The van der Waals surface area contributed by atoms with Crippen molar-refractivity contribution in [2.45, 2.75) is 32.1 Å². The van der Waals surface area contributed by atoms with Crippen LogP contribution in [0.2, 0.25) is 0 Å². The molecule has 0 radical (unpaired) electrons. The maximum absolute atomic E-state index is 12.7. The van der Waals surface area contributed by atoms with Crippen LogP contribution in [0.3, 0.4) is 0 Å². The molecular formula is C11H10F6. The fraction of sp³-hybridized carbons (Fsp3) is 0.455. The summed E-state index contributed by atoms with van der Waals surface area (Å²) in [5.41, 5.74) is -3.55. The van der Waals surface area contributed by atoms with E-state index >= 15 is 0 Å². The smallest absolute Gasteiger partial charge is 0.166 e. The Labute approximate surface area is 94.2 Å². The molecule has 0 amide bonds. The van der Waals surface area contributed by atoms with Gasteiger partial charge in [-0.05, 0) is 17.5 Å². The van der Waals surface area contributed by atoms with Gasteiger partial charge in [0.1, 0.15) is 0 Å². The molecule has 0 aliphatic carbocycles. The summed E-state index contributed by atoms with van der Waals surface area (Å²) in [7, 11) is 0. The highest BCUT2D eigenvalue weighted by atomic mass is 19.4. The van der Waals surface area contributed by atoms with E-state index in [0.29, 0.717) is 6.07 Å². The van der Waals surface area contributed by atoms with Crippen molar-refractivity contribution in [3.63, 3.8) is 0 Å². The first-order chi connectivity index (χ1) is 7.55. The zero-order chi connectivity index (χ0) is 13.4. The van der Waals surface area contributed by atoms with Crippen LogP contribution < -0.4 is 0 Å². The summed E-state index contributed by atoms with van der Waals surface area (Å²) in [6.45, 7) is 2.84. The molecule has 0 N–H and O–H groups in total. The molecule has 1 aromatic rings. The molecule has 1 rings (SSSR count). The van der Waals surface area contributed by atoms with Crippen molar-refractivity contribution in [1.82, 2.24) is 0 Å². The Morgan fingerprint density at radius 1 is 0.882 bits per heavy atom. The van der Waals surface area contributed by atoms with Crippen LogP contribution in [0.1, 0.15) is 36.5 Å². The molecule has 0 saturated carbocycles. The van der Waals surface area contributed by atoms with Gasteiger partial charge in [0, 0.05) is 0 Å². The first-order valence-electron chi connectivity index (χ1n) is 4.82. The molecule has 6 heteroatoms. The van der Waals surface area contributed by atoms with Gasteiger partial charge in [0.05, 0.1) is 11.1 Å². The number of rotatable bonds is 1. The fourth-order valence-corrected chi connectivity index (χ4v) is 1.60. The molecule has 0 aromatic heterocycles. The van der Waals surface area contributed by atoms with Crippen LogP contribution in [0.5, 0.6) is 0 Å². The highest BCUT2D eigenvalue weighted by Crippen LogP contribution is 2.43. The first-order valence-corrected chi connectivity index (χ1v) is 4.82. The van der Waals surface area contributed by atoms with Crippen LogP contribution in [-0.4, -0.2) is 0 Å². The van der Waals surface area contributed by atoms with Gasteiger partial charge in [-0.15, -0.1) is 0 Å². The molecule has 0 bridgehead atoms. The molecule has 17 heavy (non-hydrogen) atoms. The Kier molecular flexibility index (Phi) is 3.45. The van der Waals surface area contributed by atoms with Crippen LogP contribution in [-0.2, 0) is 12.4 Å². The third-order valence-electron chi connectivity index (χ3n) is 2.31. The van der Waals surface area contributed by atoms with Gasteiger partial charge in [-0.1, -0.05) is 26.0 Å². The van der Waals surface area contributed by atoms with E-state index in [0.717, 1.165) is 12.1 Å². The Hall–Kier alpha value is -1.20. The summed E-state index contributed by atoms with van der Waals surface area (Å²) in [5, 5.41) is 0. The lowest BCUT2D eigenvalue weighted by Crippen LogP contribution is -2.19.